The van der Waals surface area contributed by atoms with Gasteiger partial charge in [0, 0.05) is 11.8 Å². The molecule has 112 valence electrons. The predicted octanol–water partition coefficient (Wildman–Crippen LogP) is 1.97. The summed E-state index contributed by atoms with van der Waals surface area (Å²) in [5, 5.41) is 13.4. The Hall–Kier alpha value is -0.420. The van der Waals surface area contributed by atoms with Crippen molar-refractivity contribution in [3.8, 4) is 0 Å². The van der Waals surface area contributed by atoms with Crippen molar-refractivity contribution in [1.29, 1.82) is 0 Å². The molecule has 1 aliphatic heterocycles. The molecule has 4 N–H and O–H groups in total. The van der Waals surface area contributed by atoms with Crippen LogP contribution in [0.25, 0.3) is 0 Å². The minimum atomic E-state index is -0.641. The summed E-state index contributed by atoms with van der Waals surface area (Å²) >= 11 is 1.78. The van der Waals surface area contributed by atoms with Crippen LogP contribution < -0.4 is 11.1 Å². The number of nitrogens with zero attached hydrogens (tertiary/aromatic N) is 1. The molecule has 0 spiro atoms. The number of nitrogens with one attached hydrogen (secondary N) is 1. The van der Waals surface area contributed by atoms with Gasteiger partial charge in [0.15, 0.2) is 5.96 Å². The maximum absolute atomic E-state index is 10.2. The fourth-order valence-electron chi connectivity index (χ4n) is 2.16. The largest absolute Gasteiger partial charge is 0.387 e. The second-order valence-electron chi connectivity index (χ2n) is 6.10. The number of nitrogens with two attached hydrogens (primary N) is 1. The van der Waals surface area contributed by atoms with Gasteiger partial charge in [-0.15, -0.1) is 0 Å². The molecule has 0 saturated carbocycles. The van der Waals surface area contributed by atoms with Gasteiger partial charge >= 0.3 is 0 Å². The highest BCUT2D eigenvalue weighted by atomic mass is 32.2. The minimum absolute atomic E-state index is 0.343. The third-order valence-electron chi connectivity index (χ3n) is 3.44. The summed E-state index contributed by atoms with van der Waals surface area (Å²) in [6, 6.07) is 0.343. The van der Waals surface area contributed by atoms with Crippen molar-refractivity contribution in [2.75, 3.05) is 18.1 Å². The summed E-state index contributed by atoms with van der Waals surface area (Å²) in [4.78, 5) is 4.28. The van der Waals surface area contributed by atoms with E-state index in [1.807, 2.05) is 0 Å². The zero-order chi connectivity index (χ0) is 14.3. The molecule has 0 amide bonds. The Morgan fingerprint density at radius 2 is 2.16 bits per heavy atom. The Labute approximate surface area is 121 Å². The van der Waals surface area contributed by atoms with Gasteiger partial charge in [-0.2, -0.15) is 11.8 Å². The summed E-state index contributed by atoms with van der Waals surface area (Å²) in [7, 11) is 0. The summed E-state index contributed by atoms with van der Waals surface area (Å²) in [5.74, 6) is 3.01. The summed E-state index contributed by atoms with van der Waals surface area (Å²) < 4.78 is 0. The molecule has 5 heteroatoms. The number of hydrogen-bond donors (Lipinski definition) is 3. The monoisotopic (exact) mass is 287 g/mol. The van der Waals surface area contributed by atoms with Gasteiger partial charge in [0.1, 0.15) is 0 Å². The summed E-state index contributed by atoms with van der Waals surface area (Å²) in [6.07, 6.45) is 4.38. The Balaban J connectivity index is 2.23. The van der Waals surface area contributed by atoms with Crippen LogP contribution in [0.1, 0.15) is 46.5 Å². The molecular weight excluding hydrogens is 258 g/mol. The van der Waals surface area contributed by atoms with Gasteiger partial charge in [-0.05, 0) is 31.4 Å². The lowest BCUT2D eigenvalue weighted by atomic mass is 10.0. The van der Waals surface area contributed by atoms with Crippen LogP contribution in [-0.4, -0.2) is 40.8 Å². The van der Waals surface area contributed by atoms with E-state index < -0.39 is 5.60 Å². The van der Waals surface area contributed by atoms with E-state index in [4.69, 9.17) is 5.73 Å². The molecule has 0 aromatic rings. The first kappa shape index (κ1) is 16.6. The van der Waals surface area contributed by atoms with Gasteiger partial charge in [0.05, 0.1) is 12.1 Å². The van der Waals surface area contributed by atoms with Gasteiger partial charge in [0.2, 0.25) is 0 Å². The molecule has 1 fully saturated rings. The Morgan fingerprint density at radius 1 is 1.42 bits per heavy atom. The molecule has 0 bridgehead atoms. The fourth-order valence-corrected chi connectivity index (χ4v) is 3.44. The van der Waals surface area contributed by atoms with Gasteiger partial charge in [-0.1, -0.05) is 26.7 Å². The van der Waals surface area contributed by atoms with E-state index in [9.17, 15) is 5.11 Å². The molecule has 1 heterocycles. The van der Waals surface area contributed by atoms with E-state index in [0.29, 0.717) is 18.5 Å². The van der Waals surface area contributed by atoms with Gasteiger partial charge in [0.25, 0.3) is 0 Å². The highest BCUT2D eigenvalue weighted by Crippen LogP contribution is 2.27. The standard InChI is InChI=1S/C14H29N3OS/c1-11(2)5-4-6-12(3)17-13(15)16-9-14(18)7-8-19-10-14/h11-12,18H,4-10H2,1-3H3,(H3,15,16,17). The summed E-state index contributed by atoms with van der Waals surface area (Å²) in [6.45, 7) is 7.03. The van der Waals surface area contributed by atoms with Gasteiger partial charge < -0.3 is 16.2 Å². The van der Waals surface area contributed by atoms with E-state index in [0.717, 1.165) is 30.3 Å². The topological polar surface area (TPSA) is 70.6 Å². The number of hydrogen-bond acceptors (Lipinski definition) is 3. The van der Waals surface area contributed by atoms with Crippen LogP contribution in [-0.2, 0) is 0 Å². The molecular formula is C14H29N3OS. The first-order valence-corrected chi connectivity index (χ1v) is 8.43. The molecule has 1 rings (SSSR count). The van der Waals surface area contributed by atoms with Crippen molar-refractivity contribution in [3.05, 3.63) is 0 Å². The van der Waals surface area contributed by atoms with Gasteiger partial charge in [-0.25, -0.2) is 0 Å². The molecule has 19 heavy (non-hydrogen) atoms. The van der Waals surface area contributed by atoms with Crippen molar-refractivity contribution in [2.45, 2.75) is 58.1 Å². The van der Waals surface area contributed by atoms with E-state index in [1.54, 1.807) is 11.8 Å². The molecule has 0 radical (unpaired) electrons. The van der Waals surface area contributed by atoms with Crippen LogP contribution in [0.4, 0.5) is 0 Å². The number of guanidine groups is 1. The van der Waals surface area contributed by atoms with Crippen LogP contribution in [0.2, 0.25) is 0 Å². The lowest BCUT2D eigenvalue weighted by molar-refractivity contribution is 0.0779. The molecule has 4 nitrogen and oxygen atoms in total. The second kappa shape index (κ2) is 8.00. The van der Waals surface area contributed by atoms with E-state index in [1.165, 1.54) is 12.8 Å². The van der Waals surface area contributed by atoms with Crippen molar-refractivity contribution in [2.24, 2.45) is 16.6 Å². The number of aliphatic hydroxyl groups is 1. The molecule has 1 aliphatic rings. The molecule has 1 saturated heterocycles. The van der Waals surface area contributed by atoms with Crippen LogP contribution in [0.3, 0.4) is 0 Å². The molecule has 0 aromatic carbocycles. The fraction of sp³-hybridized carbons (Fsp3) is 0.929. The average molecular weight is 287 g/mol. The third-order valence-corrected chi connectivity index (χ3v) is 4.67. The normalized spacial score (nSPS) is 25.8. The van der Waals surface area contributed by atoms with E-state index in [-0.39, 0.29) is 0 Å². The Kier molecular flexibility index (Phi) is 7.00. The minimum Gasteiger partial charge on any atom is -0.387 e. The van der Waals surface area contributed by atoms with Crippen LogP contribution >= 0.6 is 11.8 Å². The molecule has 0 aromatic heterocycles. The highest BCUT2D eigenvalue weighted by Gasteiger charge is 2.31. The Bertz CT molecular complexity index is 288. The SMILES string of the molecule is CC(C)CCCC(C)NC(N)=NCC1(O)CCSC1. The second-order valence-corrected chi connectivity index (χ2v) is 7.20. The first-order chi connectivity index (χ1) is 8.91. The first-order valence-electron chi connectivity index (χ1n) is 7.28. The maximum Gasteiger partial charge on any atom is 0.188 e. The lowest BCUT2D eigenvalue weighted by Crippen LogP contribution is -2.40. The van der Waals surface area contributed by atoms with Crippen molar-refractivity contribution in [3.63, 3.8) is 0 Å². The third kappa shape index (κ3) is 7.06. The smallest absolute Gasteiger partial charge is 0.188 e. The van der Waals surface area contributed by atoms with Crippen molar-refractivity contribution in [1.82, 2.24) is 5.32 Å². The van der Waals surface area contributed by atoms with Crippen molar-refractivity contribution >= 4 is 17.7 Å². The number of thioether (sulfide) groups is 1. The molecule has 2 atom stereocenters. The van der Waals surface area contributed by atoms with Crippen LogP contribution in [0.15, 0.2) is 4.99 Å². The lowest BCUT2D eigenvalue weighted by Gasteiger charge is -2.20. The quantitative estimate of drug-likeness (QED) is 0.494. The Morgan fingerprint density at radius 3 is 2.74 bits per heavy atom. The molecule has 0 aliphatic carbocycles. The zero-order valence-electron chi connectivity index (χ0n) is 12.5. The summed E-state index contributed by atoms with van der Waals surface area (Å²) in [5.41, 5.74) is 5.22. The average Bonchev–Trinajstić information content (AvgIpc) is 2.74. The van der Waals surface area contributed by atoms with Crippen LogP contribution in [0.5, 0.6) is 0 Å². The van der Waals surface area contributed by atoms with Crippen LogP contribution in [0, 0.1) is 5.92 Å². The predicted molar refractivity (Wildman–Crippen MR) is 84.7 cm³/mol. The highest BCUT2D eigenvalue weighted by molar-refractivity contribution is 7.99. The maximum atomic E-state index is 10.2. The molecule has 2 unspecified atom stereocenters. The number of aliphatic imine (C=N–C) groups is 1. The van der Waals surface area contributed by atoms with Crippen molar-refractivity contribution < 1.29 is 5.11 Å². The van der Waals surface area contributed by atoms with E-state index in [2.05, 4.69) is 31.1 Å². The zero-order valence-corrected chi connectivity index (χ0v) is 13.3. The van der Waals surface area contributed by atoms with E-state index >= 15 is 0 Å². The number of rotatable bonds is 7. The van der Waals surface area contributed by atoms with Gasteiger partial charge in [-0.3, -0.25) is 4.99 Å².